The number of carbonyl (C=O) groups excluding carboxylic acids is 1. The molecule has 37 heavy (non-hydrogen) atoms. The number of amides is 1. The number of aromatic amines is 1. The van der Waals surface area contributed by atoms with Crippen molar-refractivity contribution in [3.8, 4) is 10.4 Å². The van der Waals surface area contributed by atoms with Crippen molar-refractivity contribution in [2.75, 3.05) is 12.0 Å². The van der Waals surface area contributed by atoms with Crippen LogP contribution in [0.1, 0.15) is 65.9 Å². The van der Waals surface area contributed by atoms with Crippen LogP contribution in [0, 0.1) is 0 Å². The van der Waals surface area contributed by atoms with E-state index >= 15 is 0 Å². The van der Waals surface area contributed by atoms with Crippen LogP contribution in [0.5, 0.6) is 0 Å². The smallest absolute Gasteiger partial charge is 0.291 e. The number of aromatic nitrogens is 7. The quantitative estimate of drug-likeness (QED) is 0.333. The van der Waals surface area contributed by atoms with Crippen LogP contribution in [0.3, 0.4) is 0 Å². The van der Waals surface area contributed by atoms with Crippen LogP contribution in [0.25, 0.3) is 16.1 Å². The van der Waals surface area contributed by atoms with Gasteiger partial charge in [0.1, 0.15) is 28.2 Å². The summed E-state index contributed by atoms with van der Waals surface area (Å²) in [6.45, 7) is 1.64. The first-order chi connectivity index (χ1) is 17.6. The summed E-state index contributed by atoms with van der Waals surface area (Å²) in [6, 6.07) is -0.153. The Morgan fingerprint density at radius 2 is 1.97 bits per heavy atom. The molecular formula is C22H25N9O4S2. The number of nitrogens with one attached hydrogen (secondary N) is 1. The molecule has 1 amide bonds. The molecule has 194 valence electrons. The number of carbonyl (C=O) groups is 1. The Kier molecular flexibility index (Phi) is 5.54. The first-order valence-electron chi connectivity index (χ1n) is 11.8. The highest BCUT2D eigenvalue weighted by atomic mass is 32.2. The van der Waals surface area contributed by atoms with Gasteiger partial charge >= 0.3 is 0 Å². The van der Waals surface area contributed by atoms with Crippen molar-refractivity contribution in [2.24, 2.45) is 0 Å². The number of hydrogen-bond donors (Lipinski definition) is 3. The molecule has 4 aromatic heterocycles. The van der Waals surface area contributed by atoms with Gasteiger partial charge in [0.2, 0.25) is 5.82 Å². The number of aliphatic hydroxyl groups excluding tert-OH is 1. The molecule has 0 aliphatic carbocycles. The number of H-pyrrole nitrogens is 1. The second-order valence-corrected chi connectivity index (χ2v) is 12.6. The summed E-state index contributed by atoms with van der Waals surface area (Å²) in [5.74, 6) is -0.222. The van der Waals surface area contributed by atoms with Gasteiger partial charge in [0.15, 0.2) is 15.5 Å². The summed E-state index contributed by atoms with van der Waals surface area (Å²) in [7, 11) is -3.74. The van der Waals surface area contributed by atoms with E-state index < -0.39 is 15.9 Å². The molecule has 13 nitrogen and oxygen atoms in total. The molecule has 6 heterocycles. The van der Waals surface area contributed by atoms with Crippen LogP contribution >= 0.6 is 11.3 Å². The standard InChI is InChI=1S/C22H25N9O4S2/c1-10(32)21-24-8-15(36-21)14-7-27-31-18(23)17(37(2,34)35)16(28-20(14)31)11-5-12-3-4-13(6-11)30(12)22(33)19-25-9-26-29-19/h7-13,32H,3-6,23H2,1-2H3,(H,25,26,29)/t10?,11?,12-,13+. The number of thiazole rings is 1. The third kappa shape index (κ3) is 3.88. The van der Waals surface area contributed by atoms with Crippen LogP contribution < -0.4 is 5.73 Å². The Balaban J connectivity index is 1.44. The van der Waals surface area contributed by atoms with Crippen LogP contribution in [0.2, 0.25) is 0 Å². The van der Waals surface area contributed by atoms with Gasteiger partial charge < -0.3 is 15.7 Å². The highest BCUT2D eigenvalue weighted by Crippen LogP contribution is 2.46. The number of piperidine rings is 1. The molecule has 0 saturated carbocycles. The molecule has 2 saturated heterocycles. The Morgan fingerprint density at radius 1 is 1.24 bits per heavy atom. The maximum absolute atomic E-state index is 13.1. The molecule has 0 spiro atoms. The Bertz CT molecular complexity index is 1600. The van der Waals surface area contributed by atoms with Gasteiger partial charge in [0, 0.05) is 30.5 Å². The number of rotatable bonds is 5. The Morgan fingerprint density at radius 3 is 2.57 bits per heavy atom. The Hall–Kier alpha value is -3.43. The highest BCUT2D eigenvalue weighted by molar-refractivity contribution is 7.91. The van der Waals surface area contributed by atoms with Crippen molar-refractivity contribution in [1.29, 1.82) is 0 Å². The van der Waals surface area contributed by atoms with Crippen LogP contribution in [-0.2, 0) is 9.84 Å². The van der Waals surface area contributed by atoms with E-state index in [1.807, 2.05) is 4.90 Å². The van der Waals surface area contributed by atoms with Crippen LogP contribution in [0.15, 0.2) is 23.6 Å². The van der Waals surface area contributed by atoms with E-state index in [4.69, 9.17) is 10.7 Å². The van der Waals surface area contributed by atoms with Crippen molar-refractivity contribution in [3.05, 3.63) is 35.2 Å². The number of nitrogens with two attached hydrogens (primary N) is 1. The fourth-order valence-corrected chi connectivity index (χ4v) is 7.54. The van der Waals surface area contributed by atoms with Gasteiger partial charge in [-0.1, -0.05) is 0 Å². The van der Waals surface area contributed by atoms with Crippen molar-refractivity contribution < 1.29 is 18.3 Å². The molecule has 2 aliphatic heterocycles. The molecule has 2 bridgehead atoms. The molecule has 2 fully saturated rings. The molecule has 2 unspecified atom stereocenters. The van der Waals surface area contributed by atoms with E-state index in [2.05, 4.69) is 25.3 Å². The first kappa shape index (κ1) is 23.9. The van der Waals surface area contributed by atoms with E-state index in [-0.39, 0.29) is 40.4 Å². The molecule has 0 aromatic carbocycles. The first-order valence-corrected chi connectivity index (χ1v) is 14.5. The lowest BCUT2D eigenvalue weighted by Gasteiger charge is -2.38. The van der Waals surface area contributed by atoms with E-state index in [0.717, 1.165) is 24.0 Å². The summed E-state index contributed by atoms with van der Waals surface area (Å²) in [4.78, 5) is 28.8. The zero-order valence-electron chi connectivity index (χ0n) is 20.1. The number of anilines is 1. The van der Waals surface area contributed by atoms with Gasteiger partial charge in [-0.3, -0.25) is 9.89 Å². The Labute approximate surface area is 215 Å². The minimum Gasteiger partial charge on any atom is -0.386 e. The maximum atomic E-state index is 13.1. The lowest BCUT2D eigenvalue weighted by Crippen LogP contribution is -2.46. The third-order valence-corrected chi connectivity index (χ3v) is 9.51. The van der Waals surface area contributed by atoms with E-state index in [1.54, 1.807) is 19.3 Å². The van der Waals surface area contributed by atoms with Crippen molar-refractivity contribution in [3.63, 3.8) is 0 Å². The normalized spacial score (nSPS) is 22.6. The molecular weight excluding hydrogens is 518 g/mol. The third-order valence-electron chi connectivity index (χ3n) is 7.15. The van der Waals surface area contributed by atoms with E-state index in [1.165, 1.54) is 22.2 Å². The number of aliphatic hydroxyl groups is 1. The second kappa shape index (κ2) is 8.56. The largest absolute Gasteiger partial charge is 0.386 e. The molecule has 2 aliphatic rings. The zero-order chi connectivity index (χ0) is 26.1. The van der Waals surface area contributed by atoms with Crippen LogP contribution in [-0.4, -0.2) is 77.4 Å². The predicted octanol–water partition coefficient (Wildman–Crippen LogP) is 1.56. The fourth-order valence-electron chi connectivity index (χ4n) is 5.62. The highest BCUT2D eigenvalue weighted by Gasteiger charge is 2.46. The average molecular weight is 544 g/mol. The van der Waals surface area contributed by atoms with Gasteiger partial charge in [0.05, 0.1) is 22.3 Å². The topological polar surface area (TPSA) is 185 Å². The zero-order valence-corrected chi connectivity index (χ0v) is 21.7. The SMILES string of the molecule is CC(O)c1ncc(-c2cnn3c(N)c(S(C)(=O)=O)c(C4C[C@H]5CC[C@@H](C4)N5C(=O)c4ncn[nH]4)nc23)s1. The van der Waals surface area contributed by atoms with Crippen molar-refractivity contribution in [1.82, 2.24) is 39.7 Å². The van der Waals surface area contributed by atoms with Crippen molar-refractivity contribution in [2.45, 2.75) is 61.6 Å². The predicted molar refractivity (Wildman–Crippen MR) is 134 cm³/mol. The monoisotopic (exact) mass is 543 g/mol. The fraction of sp³-hybridized carbons (Fsp3) is 0.455. The summed E-state index contributed by atoms with van der Waals surface area (Å²) < 4.78 is 27.2. The molecule has 4 atom stereocenters. The maximum Gasteiger partial charge on any atom is 0.291 e. The number of nitrogens with zero attached hydrogens (tertiary/aromatic N) is 7. The van der Waals surface area contributed by atoms with Crippen LogP contribution in [0.4, 0.5) is 5.82 Å². The summed E-state index contributed by atoms with van der Waals surface area (Å²) in [5.41, 5.74) is 7.90. The minimum absolute atomic E-state index is 0.00141. The molecule has 4 N–H and O–H groups in total. The van der Waals surface area contributed by atoms with Crippen molar-refractivity contribution >= 4 is 38.5 Å². The number of sulfone groups is 1. The average Bonchev–Trinajstić information content (AvgIpc) is 3.63. The number of hydrogen-bond acceptors (Lipinski definition) is 11. The molecule has 6 rings (SSSR count). The molecule has 4 aromatic rings. The second-order valence-electron chi connectivity index (χ2n) is 9.62. The van der Waals surface area contributed by atoms with E-state index in [0.29, 0.717) is 34.8 Å². The number of nitrogen functional groups attached to an aromatic ring is 1. The lowest BCUT2D eigenvalue weighted by molar-refractivity contribution is 0.0556. The summed E-state index contributed by atoms with van der Waals surface area (Å²) in [5, 5.41) is 21.2. The van der Waals surface area contributed by atoms with Gasteiger partial charge in [-0.15, -0.1) is 11.3 Å². The number of fused-ring (bicyclic) bond motifs is 3. The van der Waals surface area contributed by atoms with Gasteiger partial charge in [-0.05, 0) is 32.6 Å². The van der Waals surface area contributed by atoms with E-state index in [9.17, 15) is 18.3 Å². The molecule has 0 radical (unpaired) electrons. The summed E-state index contributed by atoms with van der Waals surface area (Å²) >= 11 is 1.31. The lowest BCUT2D eigenvalue weighted by atomic mass is 9.87. The summed E-state index contributed by atoms with van der Waals surface area (Å²) in [6.07, 6.45) is 7.66. The van der Waals surface area contributed by atoms with Gasteiger partial charge in [-0.25, -0.2) is 23.4 Å². The molecule has 15 heteroatoms. The van der Waals surface area contributed by atoms with Gasteiger partial charge in [0.25, 0.3) is 5.91 Å². The minimum atomic E-state index is -3.74. The van der Waals surface area contributed by atoms with Gasteiger partial charge in [-0.2, -0.15) is 14.7 Å².